The van der Waals surface area contributed by atoms with Gasteiger partial charge < -0.3 is 10.2 Å². The Hall–Kier alpha value is -1.58. The van der Waals surface area contributed by atoms with Crippen LogP contribution < -0.4 is 5.32 Å². The van der Waals surface area contributed by atoms with E-state index in [9.17, 15) is 4.79 Å². The number of aromatic nitrogens is 1. The summed E-state index contributed by atoms with van der Waals surface area (Å²) in [4.78, 5) is 18.7. The molecular weight excluding hydrogens is 250 g/mol. The van der Waals surface area contributed by atoms with Gasteiger partial charge in [0.15, 0.2) is 0 Å². The lowest BCUT2D eigenvalue weighted by Crippen LogP contribution is -2.50. The smallest absolute Gasteiger partial charge is 0.317 e. The summed E-state index contributed by atoms with van der Waals surface area (Å²) in [7, 11) is 0. The Labute approximate surface area is 120 Å². The van der Waals surface area contributed by atoms with Crippen molar-refractivity contribution in [2.75, 3.05) is 6.54 Å². The van der Waals surface area contributed by atoms with E-state index in [-0.39, 0.29) is 6.03 Å². The number of nitrogens with zero attached hydrogens (tertiary/aromatic N) is 2. The maximum atomic E-state index is 12.4. The fraction of sp³-hybridized carbons (Fsp3) is 0.625. The summed E-state index contributed by atoms with van der Waals surface area (Å²) < 4.78 is 0. The van der Waals surface area contributed by atoms with Gasteiger partial charge in [-0.2, -0.15) is 0 Å². The zero-order valence-corrected chi connectivity index (χ0v) is 12.1. The fourth-order valence-corrected chi connectivity index (χ4v) is 3.59. The summed E-state index contributed by atoms with van der Waals surface area (Å²) >= 11 is 0. The molecule has 108 valence electrons. The first kappa shape index (κ1) is 13.4. The number of amides is 2. The van der Waals surface area contributed by atoms with Gasteiger partial charge in [0.05, 0.1) is 0 Å². The van der Waals surface area contributed by atoms with Crippen LogP contribution in [0.4, 0.5) is 4.79 Å². The van der Waals surface area contributed by atoms with E-state index in [1.54, 1.807) is 0 Å². The van der Waals surface area contributed by atoms with Crippen LogP contribution in [0.3, 0.4) is 0 Å². The van der Waals surface area contributed by atoms with Crippen LogP contribution in [0.15, 0.2) is 18.3 Å². The zero-order valence-electron chi connectivity index (χ0n) is 12.1. The second-order valence-corrected chi connectivity index (χ2v) is 6.06. The molecule has 1 N–H and O–H groups in total. The molecule has 0 aromatic carbocycles. The summed E-state index contributed by atoms with van der Waals surface area (Å²) in [5, 5.41) is 3.05. The van der Waals surface area contributed by atoms with Crippen molar-refractivity contribution < 1.29 is 4.79 Å². The molecule has 0 radical (unpaired) electrons. The number of carbonyl (C=O) groups excluding carboxylic acids is 1. The summed E-state index contributed by atoms with van der Waals surface area (Å²) in [6.07, 6.45) is 8.06. The molecular formula is C16H23N3O. The minimum absolute atomic E-state index is 0.0992. The lowest BCUT2D eigenvalue weighted by molar-refractivity contribution is 0.128. The van der Waals surface area contributed by atoms with Crippen molar-refractivity contribution in [3.05, 3.63) is 29.6 Å². The molecule has 2 aliphatic rings. The van der Waals surface area contributed by atoms with Gasteiger partial charge in [0.25, 0.3) is 0 Å². The number of urea groups is 1. The maximum absolute atomic E-state index is 12.4. The number of aryl methyl sites for hydroxylation is 1. The molecule has 1 saturated heterocycles. The summed E-state index contributed by atoms with van der Waals surface area (Å²) in [6.45, 7) is 3.45. The topological polar surface area (TPSA) is 45.2 Å². The molecule has 2 atom stereocenters. The highest BCUT2D eigenvalue weighted by Crippen LogP contribution is 2.36. The first-order chi connectivity index (χ1) is 9.74. The van der Waals surface area contributed by atoms with Crippen molar-refractivity contribution in [1.29, 1.82) is 0 Å². The molecule has 4 nitrogen and oxygen atoms in total. The van der Waals surface area contributed by atoms with Gasteiger partial charge in [-0.1, -0.05) is 12.5 Å². The Kier molecular flexibility index (Phi) is 3.90. The van der Waals surface area contributed by atoms with Crippen molar-refractivity contribution in [3.63, 3.8) is 0 Å². The van der Waals surface area contributed by atoms with Gasteiger partial charge >= 0.3 is 6.03 Å². The number of likely N-dealkylation sites (tertiary alicyclic amines) is 1. The Morgan fingerprint density at radius 1 is 1.35 bits per heavy atom. The minimum Gasteiger partial charge on any atom is -0.334 e. The molecule has 0 spiro atoms. The van der Waals surface area contributed by atoms with Crippen molar-refractivity contribution in [2.24, 2.45) is 5.92 Å². The second-order valence-electron chi connectivity index (χ2n) is 6.06. The summed E-state index contributed by atoms with van der Waals surface area (Å²) in [5.41, 5.74) is 2.06. The van der Waals surface area contributed by atoms with Crippen LogP contribution in [0.2, 0.25) is 0 Å². The van der Waals surface area contributed by atoms with Crippen molar-refractivity contribution in [3.8, 4) is 0 Å². The van der Waals surface area contributed by atoms with Gasteiger partial charge in [0, 0.05) is 31.0 Å². The van der Waals surface area contributed by atoms with Crippen LogP contribution in [0, 0.1) is 12.8 Å². The quantitative estimate of drug-likeness (QED) is 0.900. The average molecular weight is 273 g/mol. The monoisotopic (exact) mass is 273 g/mol. The van der Waals surface area contributed by atoms with E-state index in [4.69, 9.17) is 0 Å². The minimum atomic E-state index is 0.0992. The third kappa shape index (κ3) is 2.79. The molecule has 4 heteroatoms. The lowest BCUT2D eigenvalue weighted by atomic mass is 9.92. The van der Waals surface area contributed by atoms with Crippen molar-refractivity contribution >= 4 is 6.03 Å². The number of hydrogen-bond acceptors (Lipinski definition) is 2. The van der Waals surface area contributed by atoms with Crippen LogP contribution in [0.5, 0.6) is 0 Å². The van der Waals surface area contributed by atoms with E-state index in [2.05, 4.69) is 15.2 Å². The molecule has 20 heavy (non-hydrogen) atoms. The van der Waals surface area contributed by atoms with Crippen molar-refractivity contribution in [1.82, 2.24) is 15.2 Å². The molecule has 2 unspecified atom stereocenters. The number of fused-ring (bicyclic) bond motifs is 1. The largest absolute Gasteiger partial charge is 0.334 e. The van der Waals surface area contributed by atoms with Crippen molar-refractivity contribution in [2.45, 2.75) is 51.6 Å². The second kappa shape index (κ2) is 5.81. The lowest BCUT2D eigenvalue weighted by Gasteiger charge is -2.37. The summed E-state index contributed by atoms with van der Waals surface area (Å²) in [6, 6.07) is 4.59. The van der Waals surface area contributed by atoms with Gasteiger partial charge in [0.2, 0.25) is 0 Å². The fourth-order valence-electron chi connectivity index (χ4n) is 3.59. The first-order valence-corrected chi connectivity index (χ1v) is 7.70. The SMILES string of the molecule is Cc1ccc(CNC(=O)N2CCCC3CCCC32)cn1. The predicted molar refractivity (Wildman–Crippen MR) is 78.3 cm³/mol. The number of piperidine rings is 1. The number of pyridine rings is 1. The highest BCUT2D eigenvalue weighted by molar-refractivity contribution is 5.74. The van der Waals surface area contributed by atoms with Gasteiger partial charge in [-0.25, -0.2) is 4.79 Å². The standard InChI is InChI=1S/C16H23N3O/c1-12-7-8-13(10-17-12)11-18-16(20)19-9-3-5-14-4-2-6-15(14)19/h7-8,10,14-15H,2-6,9,11H2,1H3,(H,18,20). The zero-order chi connectivity index (χ0) is 13.9. The Bertz CT molecular complexity index is 471. The number of nitrogens with one attached hydrogen (secondary N) is 1. The van der Waals surface area contributed by atoms with Crippen LogP contribution in [0.1, 0.15) is 43.4 Å². The summed E-state index contributed by atoms with van der Waals surface area (Å²) in [5.74, 6) is 0.746. The number of carbonyl (C=O) groups is 1. The third-order valence-electron chi connectivity index (χ3n) is 4.67. The number of rotatable bonds is 2. The Morgan fingerprint density at radius 2 is 2.20 bits per heavy atom. The van der Waals surface area contributed by atoms with Crippen LogP contribution in [-0.2, 0) is 6.54 Å². The molecule has 3 rings (SSSR count). The van der Waals surface area contributed by atoms with E-state index < -0.39 is 0 Å². The molecule has 2 fully saturated rings. The maximum Gasteiger partial charge on any atom is 0.317 e. The van der Waals surface area contributed by atoms with Crippen LogP contribution >= 0.6 is 0 Å². The highest BCUT2D eigenvalue weighted by atomic mass is 16.2. The molecule has 1 saturated carbocycles. The Balaban J connectivity index is 1.57. The predicted octanol–water partition coefficient (Wildman–Crippen LogP) is 2.86. The van der Waals surface area contributed by atoms with Crippen LogP contribution in [0.25, 0.3) is 0 Å². The average Bonchev–Trinajstić information content (AvgIpc) is 2.94. The molecule has 1 aromatic heterocycles. The van der Waals surface area contributed by atoms with Gasteiger partial charge in [-0.15, -0.1) is 0 Å². The molecule has 2 heterocycles. The normalized spacial score (nSPS) is 25.4. The van der Waals surface area contributed by atoms with Gasteiger partial charge in [-0.05, 0) is 50.2 Å². The van der Waals surface area contributed by atoms with Gasteiger partial charge in [-0.3, -0.25) is 4.98 Å². The Morgan fingerprint density at radius 3 is 3.00 bits per heavy atom. The van der Waals surface area contributed by atoms with E-state index in [1.165, 1.54) is 25.7 Å². The molecule has 2 amide bonds. The first-order valence-electron chi connectivity index (χ1n) is 7.70. The van der Waals surface area contributed by atoms with E-state index in [1.807, 2.05) is 25.3 Å². The van der Waals surface area contributed by atoms with E-state index >= 15 is 0 Å². The van der Waals surface area contributed by atoms with E-state index in [0.29, 0.717) is 12.6 Å². The molecule has 0 bridgehead atoms. The number of hydrogen-bond donors (Lipinski definition) is 1. The van der Waals surface area contributed by atoms with E-state index in [0.717, 1.165) is 30.1 Å². The molecule has 1 aliphatic carbocycles. The van der Waals surface area contributed by atoms with Gasteiger partial charge in [0.1, 0.15) is 0 Å². The molecule has 1 aliphatic heterocycles. The third-order valence-corrected chi connectivity index (χ3v) is 4.67. The molecule has 1 aromatic rings. The van der Waals surface area contributed by atoms with Crippen LogP contribution in [-0.4, -0.2) is 28.5 Å². The highest BCUT2D eigenvalue weighted by Gasteiger charge is 2.37.